The van der Waals surface area contributed by atoms with E-state index in [1.54, 1.807) is 0 Å². The summed E-state index contributed by atoms with van der Waals surface area (Å²) in [5.74, 6) is 2.98. The Kier molecular flexibility index (Phi) is 3.02. The second kappa shape index (κ2) is 4.59. The minimum Gasteiger partial charge on any atom is -0.296 e. The topological polar surface area (TPSA) is 3.24 Å². The minimum atomic E-state index is 0.442. The van der Waals surface area contributed by atoms with Crippen LogP contribution in [-0.4, -0.2) is 17.5 Å². The van der Waals surface area contributed by atoms with Crippen molar-refractivity contribution >= 4 is 0 Å². The summed E-state index contributed by atoms with van der Waals surface area (Å²) >= 11 is 0. The van der Waals surface area contributed by atoms with Gasteiger partial charge < -0.3 is 0 Å². The molecule has 4 aliphatic rings. The molecule has 0 spiro atoms. The SMILES string of the molecule is CN(Cc1ccccc1)C12CC3CC(CC(C3)C1(C)C)C2. The van der Waals surface area contributed by atoms with Crippen LogP contribution in [0.5, 0.6) is 0 Å². The predicted octanol–water partition coefficient (Wildman–Crippen LogP) is 4.72. The Morgan fingerprint density at radius 3 is 2.24 bits per heavy atom. The van der Waals surface area contributed by atoms with Gasteiger partial charge in [-0.1, -0.05) is 44.2 Å². The first kappa shape index (κ1) is 13.8. The van der Waals surface area contributed by atoms with E-state index in [1.165, 1.54) is 37.7 Å². The number of benzene rings is 1. The molecule has 114 valence electrons. The summed E-state index contributed by atoms with van der Waals surface area (Å²) in [6, 6.07) is 11.0. The highest BCUT2D eigenvalue weighted by molar-refractivity contribution is 5.19. The Morgan fingerprint density at radius 1 is 1.00 bits per heavy atom. The molecule has 4 aliphatic carbocycles. The molecule has 0 aliphatic heterocycles. The molecule has 1 aromatic rings. The molecule has 4 fully saturated rings. The van der Waals surface area contributed by atoms with E-state index < -0.39 is 0 Å². The van der Waals surface area contributed by atoms with Crippen LogP contribution in [-0.2, 0) is 6.54 Å². The zero-order valence-electron chi connectivity index (χ0n) is 13.8. The highest BCUT2D eigenvalue weighted by Crippen LogP contribution is 2.65. The van der Waals surface area contributed by atoms with Gasteiger partial charge in [-0.2, -0.15) is 0 Å². The van der Waals surface area contributed by atoms with E-state index in [2.05, 4.69) is 56.1 Å². The first-order chi connectivity index (χ1) is 10.0. The molecule has 1 nitrogen and oxygen atoms in total. The third kappa shape index (κ3) is 1.93. The minimum absolute atomic E-state index is 0.442. The highest BCUT2D eigenvalue weighted by atomic mass is 15.2. The van der Waals surface area contributed by atoms with Crippen LogP contribution in [0.15, 0.2) is 30.3 Å². The molecule has 0 heterocycles. The molecule has 4 saturated carbocycles. The molecule has 1 heteroatoms. The Labute approximate surface area is 129 Å². The summed E-state index contributed by atoms with van der Waals surface area (Å²) in [7, 11) is 2.39. The molecule has 0 amide bonds. The molecule has 0 N–H and O–H groups in total. The Bertz CT molecular complexity index is 504. The number of rotatable bonds is 3. The maximum Gasteiger partial charge on any atom is 0.0268 e. The van der Waals surface area contributed by atoms with Crippen LogP contribution in [0, 0.1) is 23.2 Å². The molecule has 2 unspecified atom stereocenters. The van der Waals surface area contributed by atoms with E-state index in [9.17, 15) is 0 Å². The standard InChI is InChI=1S/C20H29N/c1-19(2)18-10-16-9-17(11-18)13-20(19,12-16)21(3)14-15-7-5-4-6-8-15/h4-8,16-18H,9-14H2,1-3H3. The van der Waals surface area contributed by atoms with Gasteiger partial charge in [0.1, 0.15) is 0 Å². The smallest absolute Gasteiger partial charge is 0.0268 e. The van der Waals surface area contributed by atoms with Crippen LogP contribution in [0.3, 0.4) is 0 Å². The lowest BCUT2D eigenvalue weighted by atomic mass is 9.42. The Hall–Kier alpha value is -0.820. The van der Waals surface area contributed by atoms with E-state index in [4.69, 9.17) is 0 Å². The zero-order valence-corrected chi connectivity index (χ0v) is 13.8. The average Bonchev–Trinajstić information content (AvgIpc) is 2.45. The third-order valence-corrected chi connectivity index (χ3v) is 7.37. The Morgan fingerprint density at radius 2 is 1.62 bits per heavy atom. The van der Waals surface area contributed by atoms with E-state index in [0.717, 1.165) is 24.3 Å². The van der Waals surface area contributed by atoms with E-state index in [-0.39, 0.29) is 0 Å². The fourth-order valence-corrected chi connectivity index (χ4v) is 6.24. The first-order valence-corrected chi connectivity index (χ1v) is 8.76. The van der Waals surface area contributed by atoms with Crippen molar-refractivity contribution in [1.29, 1.82) is 0 Å². The van der Waals surface area contributed by atoms with Crippen LogP contribution >= 0.6 is 0 Å². The molecule has 0 radical (unpaired) electrons. The van der Waals surface area contributed by atoms with Gasteiger partial charge in [-0.3, -0.25) is 4.90 Å². The monoisotopic (exact) mass is 283 g/mol. The van der Waals surface area contributed by atoms with Gasteiger partial charge in [0.2, 0.25) is 0 Å². The summed E-state index contributed by atoms with van der Waals surface area (Å²) in [5, 5.41) is 0. The molecule has 4 bridgehead atoms. The second-order valence-electron chi connectivity index (χ2n) is 8.64. The number of nitrogens with zero attached hydrogens (tertiary/aromatic N) is 1. The number of hydrogen-bond acceptors (Lipinski definition) is 1. The maximum atomic E-state index is 2.73. The molecule has 2 atom stereocenters. The third-order valence-electron chi connectivity index (χ3n) is 7.37. The molecule has 21 heavy (non-hydrogen) atoms. The fourth-order valence-electron chi connectivity index (χ4n) is 6.24. The summed E-state index contributed by atoms with van der Waals surface area (Å²) < 4.78 is 0. The Balaban J connectivity index is 1.65. The molecular formula is C20H29N. The van der Waals surface area contributed by atoms with Crippen LogP contribution < -0.4 is 0 Å². The summed E-state index contributed by atoms with van der Waals surface area (Å²) in [6.45, 7) is 6.24. The van der Waals surface area contributed by atoms with Crippen molar-refractivity contribution in [1.82, 2.24) is 4.90 Å². The van der Waals surface area contributed by atoms with Gasteiger partial charge in [0.05, 0.1) is 0 Å². The van der Waals surface area contributed by atoms with Gasteiger partial charge in [0.15, 0.2) is 0 Å². The summed E-state index contributed by atoms with van der Waals surface area (Å²) in [6.07, 6.45) is 7.41. The van der Waals surface area contributed by atoms with Crippen LogP contribution in [0.4, 0.5) is 0 Å². The van der Waals surface area contributed by atoms with Gasteiger partial charge in [-0.05, 0) is 67.9 Å². The number of hydrogen-bond donors (Lipinski definition) is 0. The molecule has 5 rings (SSSR count). The largest absolute Gasteiger partial charge is 0.296 e. The lowest BCUT2D eigenvalue weighted by Gasteiger charge is -2.68. The van der Waals surface area contributed by atoms with E-state index >= 15 is 0 Å². The maximum absolute atomic E-state index is 2.73. The van der Waals surface area contributed by atoms with E-state index in [0.29, 0.717) is 11.0 Å². The highest BCUT2D eigenvalue weighted by Gasteiger charge is 2.62. The van der Waals surface area contributed by atoms with Gasteiger partial charge in [-0.25, -0.2) is 0 Å². The van der Waals surface area contributed by atoms with Gasteiger partial charge >= 0.3 is 0 Å². The molecule has 0 aromatic heterocycles. The molecule has 0 saturated heterocycles. The van der Waals surface area contributed by atoms with E-state index in [1.807, 2.05) is 0 Å². The first-order valence-electron chi connectivity index (χ1n) is 8.76. The quantitative estimate of drug-likeness (QED) is 0.775. The molecular weight excluding hydrogens is 254 g/mol. The van der Waals surface area contributed by atoms with Crippen molar-refractivity contribution in [2.45, 2.75) is 58.0 Å². The second-order valence-corrected chi connectivity index (χ2v) is 8.64. The fraction of sp³-hybridized carbons (Fsp3) is 0.700. The van der Waals surface area contributed by atoms with Crippen molar-refractivity contribution in [3.63, 3.8) is 0 Å². The van der Waals surface area contributed by atoms with Crippen molar-refractivity contribution in [2.24, 2.45) is 23.2 Å². The zero-order chi connectivity index (χ0) is 14.7. The van der Waals surface area contributed by atoms with Gasteiger partial charge in [0, 0.05) is 12.1 Å². The van der Waals surface area contributed by atoms with Crippen LogP contribution in [0.1, 0.15) is 51.5 Å². The lowest BCUT2D eigenvalue weighted by molar-refractivity contribution is -0.175. The van der Waals surface area contributed by atoms with Gasteiger partial charge in [-0.15, -0.1) is 0 Å². The van der Waals surface area contributed by atoms with Crippen LogP contribution in [0.25, 0.3) is 0 Å². The lowest BCUT2D eigenvalue weighted by Crippen LogP contribution is -2.68. The van der Waals surface area contributed by atoms with Crippen molar-refractivity contribution < 1.29 is 0 Å². The molecule has 1 aromatic carbocycles. The van der Waals surface area contributed by atoms with Crippen molar-refractivity contribution in [3.05, 3.63) is 35.9 Å². The van der Waals surface area contributed by atoms with Crippen LogP contribution in [0.2, 0.25) is 0 Å². The predicted molar refractivity (Wildman–Crippen MR) is 88.0 cm³/mol. The average molecular weight is 283 g/mol. The van der Waals surface area contributed by atoms with Crippen molar-refractivity contribution in [3.8, 4) is 0 Å². The van der Waals surface area contributed by atoms with Crippen molar-refractivity contribution in [2.75, 3.05) is 7.05 Å². The summed E-state index contributed by atoms with van der Waals surface area (Å²) in [5.41, 5.74) is 2.38. The normalized spacial score (nSPS) is 39.9. The summed E-state index contributed by atoms with van der Waals surface area (Å²) in [4.78, 5) is 2.73. The van der Waals surface area contributed by atoms with Gasteiger partial charge in [0.25, 0.3) is 0 Å².